The number of nitrogens with zero attached hydrogens (tertiary/aromatic N) is 5. The van der Waals surface area contributed by atoms with Crippen molar-refractivity contribution < 1.29 is 18.3 Å². The van der Waals surface area contributed by atoms with Gasteiger partial charge in [0.2, 0.25) is 0 Å². The Hall–Kier alpha value is -3.31. The molecule has 1 aromatic carbocycles. The lowest BCUT2D eigenvalue weighted by atomic mass is 9.76. The maximum atomic E-state index is 13.9. The minimum absolute atomic E-state index is 0.0265. The number of benzene rings is 1. The van der Waals surface area contributed by atoms with E-state index in [9.17, 15) is 13.2 Å². The topological polar surface area (TPSA) is 105 Å². The molecule has 0 aliphatic heterocycles. The SMILES string of the molecule is C[C@H](NCCO)c1nc(C(F)(F)F)cc2c(-c3cccc([C@H](c4nncn4C)C4CCCCC4)c3)n[nH]c12. The summed E-state index contributed by atoms with van der Waals surface area (Å²) in [4.78, 5) is 3.92. The van der Waals surface area contributed by atoms with Crippen LogP contribution in [0.1, 0.15) is 73.8 Å². The van der Waals surface area contributed by atoms with Gasteiger partial charge in [-0.2, -0.15) is 18.3 Å². The fourth-order valence-electron chi connectivity index (χ4n) is 5.65. The molecule has 4 aromatic rings. The lowest BCUT2D eigenvalue weighted by Gasteiger charge is -2.30. The molecule has 11 heteroatoms. The molecule has 0 spiro atoms. The number of alkyl halides is 3. The Morgan fingerprint density at radius 1 is 1.18 bits per heavy atom. The number of hydrogen-bond acceptors (Lipinski definition) is 6. The first-order valence-electron chi connectivity index (χ1n) is 13.0. The number of halogens is 3. The van der Waals surface area contributed by atoms with Gasteiger partial charge in [0.05, 0.1) is 17.8 Å². The van der Waals surface area contributed by atoms with Crippen LogP contribution >= 0.6 is 0 Å². The van der Waals surface area contributed by atoms with Crippen LogP contribution in [-0.4, -0.2) is 48.2 Å². The number of nitrogens with one attached hydrogen (secondary N) is 2. The molecule has 5 rings (SSSR count). The molecule has 0 saturated heterocycles. The van der Waals surface area contributed by atoms with E-state index in [1.807, 2.05) is 29.8 Å². The summed E-state index contributed by atoms with van der Waals surface area (Å²) in [5.41, 5.74) is 1.87. The molecule has 1 fully saturated rings. The molecule has 8 nitrogen and oxygen atoms in total. The number of H-pyrrole nitrogens is 1. The predicted octanol–water partition coefficient (Wildman–Crippen LogP) is 5.13. The highest BCUT2D eigenvalue weighted by Gasteiger charge is 2.35. The second-order valence-electron chi connectivity index (χ2n) is 10.1. The lowest BCUT2D eigenvalue weighted by molar-refractivity contribution is -0.141. The predicted molar refractivity (Wildman–Crippen MR) is 137 cm³/mol. The van der Waals surface area contributed by atoms with E-state index < -0.39 is 17.9 Å². The third-order valence-electron chi connectivity index (χ3n) is 7.51. The minimum atomic E-state index is -4.62. The number of aliphatic hydroxyl groups is 1. The van der Waals surface area contributed by atoms with Crippen molar-refractivity contribution in [3.05, 3.63) is 59.4 Å². The average Bonchev–Trinajstić information content (AvgIpc) is 3.53. The smallest absolute Gasteiger partial charge is 0.395 e. The van der Waals surface area contributed by atoms with Crippen molar-refractivity contribution in [1.29, 1.82) is 0 Å². The minimum Gasteiger partial charge on any atom is -0.395 e. The standard InChI is InChI=1S/C27H32F3N7O/c1-16(31-11-12-38)23-25-20(14-21(33-23)27(28,29)30)24(34-35-25)19-10-6-9-18(13-19)22(17-7-4-3-5-8-17)26-36-32-15-37(26)2/h6,9-10,13-17,22,31,38H,3-5,7-8,11-12H2,1-2H3,(H,34,35)/t16-,22+/m0/s1. The molecule has 1 saturated carbocycles. The summed E-state index contributed by atoms with van der Waals surface area (Å²) in [5, 5.41) is 28.5. The first-order chi connectivity index (χ1) is 18.3. The van der Waals surface area contributed by atoms with Gasteiger partial charge in [0.25, 0.3) is 0 Å². The van der Waals surface area contributed by atoms with Gasteiger partial charge < -0.3 is 15.0 Å². The van der Waals surface area contributed by atoms with Crippen LogP contribution in [0.15, 0.2) is 36.7 Å². The van der Waals surface area contributed by atoms with Gasteiger partial charge in [0.1, 0.15) is 23.5 Å². The third kappa shape index (κ3) is 5.17. The van der Waals surface area contributed by atoms with Gasteiger partial charge in [-0.3, -0.25) is 5.10 Å². The van der Waals surface area contributed by atoms with Gasteiger partial charge in [-0.25, -0.2) is 4.98 Å². The quantitative estimate of drug-likeness (QED) is 0.294. The van der Waals surface area contributed by atoms with Crippen LogP contribution in [-0.2, 0) is 13.2 Å². The van der Waals surface area contributed by atoms with Crippen LogP contribution in [0, 0.1) is 5.92 Å². The Labute approximate surface area is 218 Å². The van der Waals surface area contributed by atoms with Crippen molar-refractivity contribution >= 4 is 10.9 Å². The summed E-state index contributed by atoms with van der Waals surface area (Å²) in [6, 6.07) is 8.40. The van der Waals surface area contributed by atoms with Crippen molar-refractivity contribution in [1.82, 2.24) is 35.3 Å². The first kappa shape index (κ1) is 26.3. The Bertz CT molecular complexity index is 1390. The Morgan fingerprint density at radius 2 is 1.97 bits per heavy atom. The van der Waals surface area contributed by atoms with E-state index in [0.29, 0.717) is 22.5 Å². The van der Waals surface area contributed by atoms with Crippen molar-refractivity contribution in [2.75, 3.05) is 13.2 Å². The van der Waals surface area contributed by atoms with E-state index in [1.165, 1.54) is 19.3 Å². The number of hydrogen-bond donors (Lipinski definition) is 3. The fraction of sp³-hybridized carbons (Fsp3) is 0.481. The summed E-state index contributed by atoms with van der Waals surface area (Å²) in [7, 11) is 1.94. The molecule has 1 aliphatic rings. The van der Waals surface area contributed by atoms with E-state index in [1.54, 1.807) is 13.3 Å². The fourth-order valence-corrected chi connectivity index (χ4v) is 5.65. The third-order valence-corrected chi connectivity index (χ3v) is 7.51. The maximum absolute atomic E-state index is 13.9. The highest BCUT2D eigenvalue weighted by atomic mass is 19.4. The van der Waals surface area contributed by atoms with Crippen molar-refractivity contribution in [2.24, 2.45) is 13.0 Å². The normalized spacial score (nSPS) is 16.7. The second-order valence-corrected chi connectivity index (χ2v) is 10.1. The maximum Gasteiger partial charge on any atom is 0.433 e. The summed E-state index contributed by atoms with van der Waals surface area (Å²) < 4.78 is 43.5. The molecular formula is C27H32F3N7O. The number of fused-ring (bicyclic) bond motifs is 1. The second kappa shape index (κ2) is 10.8. The zero-order valence-corrected chi connectivity index (χ0v) is 21.5. The summed E-state index contributed by atoms with van der Waals surface area (Å²) >= 11 is 0. The highest BCUT2D eigenvalue weighted by Crippen LogP contribution is 2.41. The van der Waals surface area contributed by atoms with Crippen LogP contribution in [0.4, 0.5) is 13.2 Å². The van der Waals surface area contributed by atoms with Crippen LogP contribution in [0.25, 0.3) is 22.2 Å². The zero-order chi connectivity index (χ0) is 26.9. The Morgan fingerprint density at radius 3 is 2.66 bits per heavy atom. The number of aromatic amines is 1. The monoisotopic (exact) mass is 527 g/mol. The summed E-state index contributed by atoms with van der Waals surface area (Å²) in [6.45, 7) is 1.81. The zero-order valence-electron chi connectivity index (χ0n) is 21.5. The van der Waals surface area contributed by atoms with E-state index in [4.69, 9.17) is 5.11 Å². The average molecular weight is 528 g/mol. The molecule has 3 heterocycles. The molecule has 0 unspecified atom stereocenters. The van der Waals surface area contributed by atoms with Gasteiger partial charge in [0.15, 0.2) is 0 Å². The van der Waals surface area contributed by atoms with Gasteiger partial charge in [-0.15, -0.1) is 10.2 Å². The first-order valence-corrected chi connectivity index (χ1v) is 13.0. The lowest BCUT2D eigenvalue weighted by Crippen LogP contribution is -2.24. The van der Waals surface area contributed by atoms with Gasteiger partial charge in [0, 0.05) is 36.5 Å². The van der Waals surface area contributed by atoms with Crippen molar-refractivity contribution in [2.45, 2.75) is 57.2 Å². The Kier molecular flexibility index (Phi) is 7.49. The molecular weight excluding hydrogens is 495 g/mol. The number of rotatable bonds is 8. The Balaban J connectivity index is 1.62. The van der Waals surface area contributed by atoms with Crippen molar-refractivity contribution in [3.8, 4) is 11.3 Å². The van der Waals surface area contributed by atoms with Crippen molar-refractivity contribution in [3.63, 3.8) is 0 Å². The van der Waals surface area contributed by atoms with Crippen LogP contribution in [0.3, 0.4) is 0 Å². The van der Waals surface area contributed by atoms with E-state index in [2.05, 4.69) is 36.8 Å². The number of aromatic nitrogens is 6. The molecule has 202 valence electrons. The summed E-state index contributed by atoms with van der Waals surface area (Å²) in [5.74, 6) is 1.32. The van der Waals surface area contributed by atoms with Gasteiger partial charge >= 0.3 is 6.18 Å². The summed E-state index contributed by atoms with van der Waals surface area (Å²) in [6.07, 6.45) is 2.83. The molecule has 2 atom stereocenters. The van der Waals surface area contributed by atoms with E-state index >= 15 is 0 Å². The van der Waals surface area contributed by atoms with Crippen LogP contribution in [0.2, 0.25) is 0 Å². The van der Waals surface area contributed by atoms with E-state index in [-0.39, 0.29) is 24.8 Å². The molecule has 1 aliphatic carbocycles. The number of aryl methyl sites for hydroxylation is 1. The van der Waals surface area contributed by atoms with Gasteiger partial charge in [-0.1, -0.05) is 37.5 Å². The highest BCUT2D eigenvalue weighted by molar-refractivity contribution is 5.94. The van der Waals surface area contributed by atoms with Gasteiger partial charge in [-0.05, 0) is 43.4 Å². The van der Waals surface area contributed by atoms with Crippen LogP contribution < -0.4 is 5.32 Å². The molecule has 38 heavy (non-hydrogen) atoms. The van der Waals surface area contributed by atoms with Crippen LogP contribution in [0.5, 0.6) is 0 Å². The largest absolute Gasteiger partial charge is 0.433 e. The molecule has 0 radical (unpaired) electrons. The number of aliphatic hydroxyl groups excluding tert-OH is 1. The molecule has 3 aromatic heterocycles. The molecule has 0 amide bonds. The van der Waals surface area contributed by atoms with E-state index in [0.717, 1.165) is 35.9 Å². The molecule has 3 N–H and O–H groups in total. The number of pyridine rings is 1. The molecule has 0 bridgehead atoms.